The van der Waals surface area contributed by atoms with Crippen molar-refractivity contribution < 1.29 is 31.1 Å². The molecular formula is C14H10ClF3N2O4S. The lowest BCUT2D eigenvalue weighted by atomic mass is 10.0. The molecule has 0 saturated carbocycles. The minimum absolute atomic E-state index is 0.0607. The van der Waals surface area contributed by atoms with E-state index >= 15 is 0 Å². The van der Waals surface area contributed by atoms with Crippen LogP contribution in [0.3, 0.4) is 0 Å². The number of halogens is 4. The molecule has 134 valence electrons. The maximum atomic E-state index is 13.1. The molecule has 1 heterocycles. The van der Waals surface area contributed by atoms with Gasteiger partial charge in [-0.15, -0.1) is 0 Å². The average Bonchev–Trinajstić information content (AvgIpc) is 2.48. The third-order valence-corrected chi connectivity index (χ3v) is 3.67. The standard InChI is InChI=1S/C14H10ClF3N2O4S/c1-25(22,23)20-13(21)7-2-3-9(11(5-7)24-14(17)18)8-4-10(15)12(16)19-6-8/h2-6,14H,1H3,(H,20,21). The van der Waals surface area contributed by atoms with Crippen molar-refractivity contribution in [1.29, 1.82) is 0 Å². The summed E-state index contributed by atoms with van der Waals surface area (Å²) in [6, 6.07) is 4.48. The van der Waals surface area contributed by atoms with Crippen LogP contribution in [0.5, 0.6) is 5.75 Å². The normalized spacial score (nSPS) is 11.4. The molecule has 2 rings (SSSR count). The first kappa shape index (κ1) is 19.0. The van der Waals surface area contributed by atoms with E-state index in [9.17, 15) is 26.4 Å². The zero-order chi connectivity index (χ0) is 18.8. The summed E-state index contributed by atoms with van der Waals surface area (Å²) in [5, 5.41) is -0.334. The van der Waals surface area contributed by atoms with Crippen molar-refractivity contribution >= 4 is 27.5 Å². The second kappa shape index (κ2) is 7.28. The van der Waals surface area contributed by atoms with E-state index in [2.05, 4.69) is 9.72 Å². The molecule has 0 radical (unpaired) electrons. The first-order valence-electron chi connectivity index (χ1n) is 6.49. The summed E-state index contributed by atoms with van der Waals surface area (Å²) in [4.78, 5) is 15.2. The van der Waals surface area contributed by atoms with Crippen molar-refractivity contribution in [2.75, 3.05) is 6.26 Å². The van der Waals surface area contributed by atoms with Crippen LogP contribution in [0.4, 0.5) is 13.2 Å². The van der Waals surface area contributed by atoms with Gasteiger partial charge in [-0.1, -0.05) is 11.6 Å². The molecule has 0 spiro atoms. The fraction of sp³-hybridized carbons (Fsp3) is 0.143. The maximum Gasteiger partial charge on any atom is 0.387 e. The van der Waals surface area contributed by atoms with Gasteiger partial charge in [-0.3, -0.25) is 4.79 Å². The van der Waals surface area contributed by atoms with Crippen molar-refractivity contribution in [3.05, 3.63) is 47.0 Å². The summed E-state index contributed by atoms with van der Waals surface area (Å²) < 4.78 is 66.7. The molecule has 6 nitrogen and oxygen atoms in total. The molecule has 1 aromatic heterocycles. The quantitative estimate of drug-likeness (QED) is 0.788. The first-order chi connectivity index (χ1) is 11.6. The number of benzene rings is 1. The number of sulfonamides is 1. The number of nitrogens with one attached hydrogen (secondary N) is 1. The van der Waals surface area contributed by atoms with Crippen LogP contribution in [0.1, 0.15) is 10.4 Å². The Balaban J connectivity index is 2.50. The molecule has 0 fully saturated rings. The van der Waals surface area contributed by atoms with Crippen LogP contribution in [-0.2, 0) is 10.0 Å². The van der Waals surface area contributed by atoms with Crippen LogP contribution in [0.25, 0.3) is 11.1 Å². The molecule has 0 atom stereocenters. The molecule has 0 bridgehead atoms. The van der Waals surface area contributed by atoms with E-state index in [1.807, 2.05) is 0 Å². The van der Waals surface area contributed by atoms with Crippen LogP contribution in [0.2, 0.25) is 5.02 Å². The van der Waals surface area contributed by atoms with Crippen molar-refractivity contribution in [3.8, 4) is 16.9 Å². The van der Waals surface area contributed by atoms with Gasteiger partial charge in [0.2, 0.25) is 16.0 Å². The summed E-state index contributed by atoms with van der Waals surface area (Å²) in [6.07, 6.45) is 1.81. The van der Waals surface area contributed by atoms with E-state index in [0.29, 0.717) is 0 Å². The lowest BCUT2D eigenvalue weighted by molar-refractivity contribution is -0.0495. The van der Waals surface area contributed by atoms with Crippen LogP contribution >= 0.6 is 11.6 Å². The number of hydrogen-bond acceptors (Lipinski definition) is 5. The lowest BCUT2D eigenvalue weighted by Crippen LogP contribution is -2.29. The summed E-state index contributed by atoms with van der Waals surface area (Å²) in [5.41, 5.74) is -0.00582. The predicted molar refractivity (Wildman–Crippen MR) is 83.6 cm³/mol. The van der Waals surface area contributed by atoms with Crippen LogP contribution < -0.4 is 9.46 Å². The average molecular weight is 395 g/mol. The second-order valence-corrected chi connectivity index (χ2v) is 6.95. The Morgan fingerprint density at radius 1 is 1.32 bits per heavy atom. The molecule has 0 aliphatic carbocycles. The van der Waals surface area contributed by atoms with E-state index in [1.54, 1.807) is 4.72 Å². The lowest BCUT2D eigenvalue weighted by Gasteiger charge is -2.13. The Bertz CT molecular complexity index is 922. The van der Waals surface area contributed by atoms with E-state index in [0.717, 1.165) is 24.6 Å². The number of nitrogens with zero attached hydrogens (tertiary/aromatic N) is 1. The number of alkyl halides is 2. The molecular weight excluding hydrogens is 385 g/mol. The van der Waals surface area contributed by atoms with Gasteiger partial charge in [-0.05, 0) is 24.3 Å². The zero-order valence-electron chi connectivity index (χ0n) is 12.5. The van der Waals surface area contributed by atoms with Crippen molar-refractivity contribution in [1.82, 2.24) is 9.71 Å². The van der Waals surface area contributed by atoms with Gasteiger partial charge in [-0.2, -0.15) is 13.2 Å². The van der Waals surface area contributed by atoms with Gasteiger partial charge in [0, 0.05) is 22.9 Å². The Hall–Kier alpha value is -2.33. The molecule has 1 N–H and O–H groups in total. The van der Waals surface area contributed by atoms with Crippen LogP contribution in [0, 0.1) is 5.95 Å². The largest absolute Gasteiger partial charge is 0.434 e. The van der Waals surface area contributed by atoms with Gasteiger partial charge < -0.3 is 4.74 Å². The fourth-order valence-electron chi connectivity index (χ4n) is 1.89. The molecule has 0 saturated heterocycles. The molecule has 1 amide bonds. The van der Waals surface area contributed by atoms with E-state index < -0.39 is 34.2 Å². The Labute approximate surface area is 145 Å². The Kier molecular flexibility index (Phi) is 5.53. The molecule has 0 aliphatic heterocycles. The maximum absolute atomic E-state index is 13.1. The number of carbonyl (C=O) groups excluding carboxylic acids is 1. The van der Waals surface area contributed by atoms with E-state index in [-0.39, 0.29) is 21.7 Å². The molecule has 11 heteroatoms. The van der Waals surface area contributed by atoms with Crippen molar-refractivity contribution in [2.45, 2.75) is 6.61 Å². The second-order valence-electron chi connectivity index (χ2n) is 4.79. The monoisotopic (exact) mass is 394 g/mol. The topological polar surface area (TPSA) is 85.4 Å². The highest BCUT2D eigenvalue weighted by Crippen LogP contribution is 2.33. The number of aromatic nitrogens is 1. The number of carbonyl (C=O) groups is 1. The number of pyridine rings is 1. The van der Waals surface area contributed by atoms with E-state index in [4.69, 9.17) is 11.6 Å². The SMILES string of the molecule is CS(=O)(=O)NC(=O)c1ccc(-c2cnc(F)c(Cl)c2)c(OC(F)F)c1. The number of hydrogen-bond donors (Lipinski definition) is 1. The van der Waals surface area contributed by atoms with Gasteiger partial charge in [-0.25, -0.2) is 18.1 Å². The Morgan fingerprint density at radius 2 is 2.00 bits per heavy atom. The smallest absolute Gasteiger partial charge is 0.387 e. The molecule has 0 unspecified atom stereocenters. The van der Waals surface area contributed by atoms with Crippen LogP contribution in [0.15, 0.2) is 30.5 Å². The van der Waals surface area contributed by atoms with Gasteiger partial charge in [0.1, 0.15) is 5.75 Å². The third-order valence-electron chi connectivity index (χ3n) is 2.85. The highest BCUT2D eigenvalue weighted by molar-refractivity contribution is 7.89. The van der Waals surface area contributed by atoms with Crippen molar-refractivity contribution in [2.24, 2.45) is 0 Å². The van der Waals surface area contributed by atoms with Gasteiger partial charge in [0.15, 0.2) is 0 Å². The molecule has 0 aliphatic rings. The van der Waals surface area contributed by atoms with Gasteiger partial charge in [0.25, 0.3) is 5.91 Å². The molecule has 1 aromatic carbocycles. The highest BCUT2D eigenvalue weighted by atomic mass is 35.5. The summed E-state index contributed by atoms with van der Waals surface area (Å²) >= 11 is 5.62. The predicted octanol–water partition coefficient (Wildman–Crippen LogP) is 2.83. The number of amides is 1. The Morgan fingerprint density at radius 3 is 2.56 bits per heavy atom. The molecule has 2 aromatic rings. The number of ether oxygens (including phenoxy) is 1. The zero-order valence-corrected chi connectivity index (χ0v) is 14.0. The number of rotatable bonds is 5. The summed E-state index contributed by atoms with van der Waals surface area (Å²) in [7, 11) is -3.84. The van der Waals surface area contributed by atoms with Crippen LogP contribution in [-0.4, -0.2) is 32.2 Å². The highest BCUT2D eigenvalue weighted by Gasteiger charge is 2.18. The molecule has 25 heavy (non-hydrogen) atoms. The first-order valence-corrected chi connectivity index (χ1v) is 8.76. The summed E-state index contributed by atoms with van der Waals surface area (Å²) in [6.45, 7) is -3.21. The van der Waals surface area contributed by atoms with Gasteiger partial charge >= 0.3 is 6.61 Å². The van der Waals surface area contributed by atoms with Crippen molar-refractivity contribution in [3.63, 3.8) is 0 Å². The fourth-order valence-corrected chi connectivity index (χ4v) is 2.51. The van der Waals surface area contributed by atoms with Gasteiger partial charge in [0.05, 0.1) is 11.3 Å². The summed E-state index contributed by atoms with van der Waals surface area (Å²) in [5.74, 6) is -2.39. The van der Waals surface area contributed by atoms with E-state index in [1.165, 1.54) is 12.1 Å². The third kappa shape index (κ3) is 5.07. The minimum Gasteiger partial charge on any atom is -0.434 e. The minimum atomic E-state index is -3.84.